The first-order chi connectivity index (χ1) is 10.0. The molecule has 0 spiro atoms. The van der Waals surface area contributed by atoms with E-state index in [4.69, 9.17) is 0 Å². The van der Waals surface area contributed by atoms with Crippen molar-refractivity contribution >= 4 is 27.9 Å². The summed E-state index contributed by atoms with van der Waals surface area (Å²) < 4.78 is 0. The molecule has 2 rings (SSSR count). The minimum atomic E-state index is -0.248. The number of amides is 1. The Morgan fingerprint density at radius 2 is 2.05 bits per heavy atom. The van der Waals surface area contributed by atoms with Gasteiger partial charge in [0.1, 0.15) is 16.3 Å². The van der Waals surface area contributed by atoms with Gasteiger partial charge in [0.25, 0.3) is 5.91 Å². The van der Waals surface area contributed by atoms with Crippen LogP contribution in [-0.4, -0.2) is 17.6 Å². The number of aromatic hydroxyl groups is 1. The Hall–Kier alpha value is -2.01. The first kappa shape index (κ1) is 15.4. The van der Waals surface area contributed by atoms with Crippen LogP contribution in [0.2, 0.25) is 0 Å². The van der Waals surface area contributed by atoms with Gasteiger partial charge in [-0.3, -0.25) is 4.79 Å². The molecule has 4 nitrogen and oxygen atoms in total. The van der Waals surface area contributed by atoms with Gasteiger partial charge >= 0.3 is 0 Å². The van der Waals surface area contributed by atoms with Crippen LogP contribution in [0.3, 0.4) is 0 Å². The van der Waals surface area contributed by atoms with Crippen molar-refractivity contribution in [1.82, 2.24) is 5.32 Å². The summed E-state index contributed by atoms with van der Waals surface area (Å²) in [5.41, 5.74) is 3.62. The van der Waals surface area contributed by atoms with Gasteiger partial charge in [-0.25, -0.2) is 0 Å². The zero-order valence-corrected chi connectivity index (χ0v) is 13.3. The minimum Gasteiger partial charge on any atom is -0.506 e. The summed E-state index contributed by atoms with van der Waals surface area (Å²) in [5, 5.41) is 18.1. The smallest absolute Gasteiger partial charge is 0.258 e. The van der Waals surface area contributed by atoms with Crippen LogP contribution in [0.25, 0.3) is 0 Å². The third kappa shape index (κ3) is 3.55. The Morgan fingerprint density at radius 1 is 1.29 bits per heavy atom. The lowest BCUT2D eigenvalue weighted by Crippen LogP contribution is -2.24. The summed E-state index contributed by atoms with van der Waals surface area (Å²) in [5.74, 6) is -0.234. The number of anilines is 2. The van der Waals surface area contributed by atoms with E-state index in [0.29, 0.717) is 17.1 Å². The molecule has 1 aromatic carbocycles. The summed E-state index contributed by atoms with van der Waals surface area (Å²) in [4.78, 5) is 12.1. The maximum atomic E-state index is 12.1. The molecule has 1 amide bonds. The highest BCUT2D eigenvalue weighted by atomic mass is 32.1. The lowest BCUT2D eigenvalue weighted by molar-refractivity contribution is 0.0952. The molecule has 0 fully saturated rings. The van der Waals surface area contributed by atoms with Gasteiger partial charge in [-0.2, -0.15) is 0 Å². The van der Waals surface area contributed by atoms with Gasteiger partial charge in [-0.1, -0.05) is 13.0 Å². The van der Waals surface area contributed by atoms with Crippen LogP contribution in [0.15, 0.2) is 23.6 Å². The summed E-state index contributed by atoms with van der Waals surface area (Å²) in [6.07, 6.45) is 0.858. The molecule has 0 saturated heterocycles. The van der Waals surface area contributed by atoms with E-state index < -0.39 is 0 Å². The van der Waals surface area contributed by atoms with Gasteiger partial charge in [0.05, 0.1) is 0 Å². The van der Waals surface area contributed by atoms with E-state index in [2.05, 4.69) is 17.6 Å². The number of thiophene rings is 1. The predicted molar refractivity (Wildman–Crippen MR) is 87.8 cm³/mol. The number of hydrogen-bond donors (Lipinski definition) is 3. The van der Waals surface area contributed by atoms with Gasteiger partial charge in [0.15, 0.2) is 0 Å². The van der Waals surface area contributed by atoms with E-state index in [-0.39, 0.29) is 11.7 Å². The predicted octanol–water partition coefficient (Wildman–Crippen LogP) is 3.95. The summed E-state index contributed by atoms with van der Waals surface area (Å²) >= 11 is 1.32. The SMILES string of the molecule is CCCNC(=O)c1c(O)csc1Nc1ccc(C)c(C)c1. The van der Waals surface area contributed by atoms with Crippen LogP contribution in [0.1, 0.15) is 34.8 Å². The Kier molecular flexibility index (Phi) is 4.85. The van der Waals surface area contributed by atoms with E-state index in [1.54, 1.807) is 5.38 Å². The number of aryl methyl sites for hydroxylation is 2. The second kappa shape index (κ2) is 6.63. The van der Waals surface area contributed by atoms with Crippen molar-refractivity contribution in [2.24, 2.45) is 0 Å². The molecular formula is C16H20N2O2S. The molecule has 0 aliphatic rings. The maximum Gasteiger partial charge on any atom is 0.258 e. The van der Waals surface area contributed by atoms with Crippen molar-refractivity contribution in [3.63, 3.8) is 0 Å². The van der Waals surface area contributed by atoms with E-state index in [0.717, 1.165) is 12.1 Å². The second-order valence-electron chi connectivity index (χ2n) is 5.01. The van der Waals surface area contributed by atoms with E-state index in [9.17, 15) is 9.90 Å². The molecule has 0 aliphatic carbocycles. The zero-order valence-electron chi connectivity index (χ0n) is 12.5. The Bertz CT molecular complexity index is 650. The summed E-state index contributed by atoms with van der Waals surface area (Å²) in [7, 11) is 0. The fraction of sp³-hybridized carbons (Fsp3) is 0.312. The van der Waals surface area contributed by atoms with E-state index >= 15 is 0 Å². The molecule has 5 heteroatoms. The number of hydrogen-bond acceptors (Lipinski definition) is 4. The maximum absolute atomic E-state index is 12.1. The van der Waals surface area contributed by atoms with Gasteiger partial charge in [-0.05, 0) is 43.5 Å². The lowest BCUT2D eigenvalue weighted by atomic mass is 10.1. The average Bonchev–Trinajstić information content (AvgIpc) is 2.81. The molecular weight excluding hydrogens is 284 g/mol. The van der Waals surface area contributed by atoms with Crippen LogP contribution in [-0.2, 0) is 0 Å². The Balaban J connectivity index is 2.24. The third-order valence-electron chi connectivity index (χ3n) is 3.30. The standard InChI is InChI=1S/C16H20N2O2S/c1-4-7-17-15(20)14-13(19)9-21-16(14)18-12-6-5-10(2)11(3)8-12/h5-6,8-9,18-19H,4,7H2,1-3H3,(H,17,20). The van der Waals surface area contributed by atoms with E-state index in [1.165, 1.54) is 22.5 Å². The summed E-state index contributed by atoms with van der Waals surface area (Å²) in [6, 6.07) is 6.02. The molecule has 0 aliphatic heterocycles. The number of carbonyl (C=O) groups is 1. The van der Waals surface area contributed by atoms with Gasteiger partial charge in [0, 0.05) is 17.6 Å². The number of rotatable bonds is 5. The van der Waals surface area contributed by atoms with Crippen molar-refractivity contribution in [2.45, 2.75) is 27.2 Å². The van der Waals surface area contributed by atoms with Crippen LogP contribution >= 0.6 is 11.3 Å². The largest absolute Gasteiger partial charge is 0.506 e. The van der Waals surface area contributed by atoms with Crippen LogP contribution in [0, 0.1) is 13.8 Å². The highest BCUT2D eigenvalue weighted by Crippen LogP contribution is 2.35. The molecule has 0 bridgehead atoms. The normalized spacial score (nSPS) is 10.4. The van der Waals surface area contributed by atoms with Gasteiger partial charge in [0.2, 0.25) is 0 Å². The minimum absolute atomic E-state index is 0.0138. The molecule has 1 aromatic heterocycles. The van der Waals surface area contributed by atoms with Crippen LogP contribution in [0.4, 0.5) is 10.7 Å². The van der Waals surface area contributed by atoms with Crippen molar-refractivity contribution in [3.05, 3.63) is 40.3 Å². The molecule has 112 valence electrons. The molecule has 1 heterocycles. The fourth-order valence-corrected chi connectivity index (χ4v) is 2.78. The molecule has 0 saturated carbocycles. The Morgan fingerprint density at radius 3 is 2.71 bits per heavy atom. The highest BCUT2D eigenvalue weighted by molar-refractivity contribution is 7.15. The highest BCUT2D eigenvalue weighted by Gasteiger charge is 2.18. The van der Waals surface area contributed by atoms with Crippen molar-refractivity contribution in [3.8, 4) is 5.75 Å². The Labute approximate surface area is 128 Å². The number of benzene rings is 1. The monoisotopic (exact) mass is 304 g/mol. The first-order valence-electron chi connectivity index (χ1n) is 6.95. The molecule has 0 atom stereocenters. The topological polar surface area (TPSA) is 61.4 Å². The van der Waals surface area contributed by atoms with Gasteiger partial charge < -0.3 is 15.7 Å². The molecule has 0 radical (unpaired) electrons. The van der Waals surface area contributed by atoms with Gasteiger partial charge in [-0.15, -0.1) is 11.3 Å². The third-order valence-corrected chi connectivity index (χ3v) is 4.18. The molecule has 21 heavy (non-hydrogen) atoms. The first-order valence-corrected chi connectivity index (χ1v) is 7.83. The van der Waals surface area contributed by atoms with Crippen molar-refractivity contribution in [2.75, 3.05) is 11.9 Å². The average molecular weight is 304 g/mol. The molecule has 2 aromatic rings. The lowest BCUT2D eigenvalue weighted by Gasteiger charge is -2.10. The quantitative estimate of drug-likeness (QED) is 0.783. The fourth-order valence-electron chi connectivity index (χ4n) is 1.94. The molecule has 3 N–H and O–H groups in total. The second-order valence-corrected chi connectivity index (χ2v) is 5.88. The number of carbonyl (C=O) groups excluding carboxylic acids is 1. The van der Waals surface area contributed by atoms with Crippen LogP contribution in [0.5, 0.6) is 5.75 Å². The molecule has 0 unspecified atom stereocenters. The number of nitrogens with one attached hydrogen (secondary N) is 2. The summed E-state index contributed by atoms with van der Waals surface area (Å²) in [6.45, 7) is 6.68. The van der Waals surface area contributed by atoms with Crippen molar-refractivity contribution in [1.29, 1.82) is 0 Å². The zero-order chi connectivity index (χ0) is 15.4. The van der Waals surface area contributed by atoms with E-state index in [1.807, 2.05) is 32.0 Å². The van der Waals surface area contributed by atoms with Crippen molar-refractivity contribution < 1.29 is 9.90 Å². The van der Waals surface area contributed by atoms with Crippen LogP contribution < -0.4 is 10.6 Å².